The normalized spacial score (nSPS) is 14.5. The monoisotopic (exact) mass is 460 g/mol. The maximum atomic E-state index is 12.6. The minimum absolute atomic E-state index is 0.193. The summed E-state index contributed by atoms with van der Waals surface area (Å²) in [5.41, 5.74) is 16.4. The molecule has 0 aromatic heterocycles. The zero-order chi connectivity index (χ0) is 24.7. The fourth-order valence-corrected chi connectivity index (χ4v) is 2.75. The van der Waals surface area contributed by atoms with Gasteiger partial charge in [-0.1, -0.05) is 0 Å². The molecule has 0 saturated heterocycles. The van der Waals surface area contributed by atoms with E-state index in [1.54, 1.807) is 0 Å². The molecular formula is C19H36N6O7. The first kappa shape index (κ1) is 29.2. The van der Waals surface area contributed by atoms with Gasteiger partial charge in [-0.05, 0) is 58.5 Å². The summed E-state index contributed by atoms with van der Waals surface area (Å²) in [6, 6.07) is -4.62. The SMILES string of the molecule is CC(NC(=O)C(CCCCN)NC(=O)C(N)CC(=O)O)C(=O)NC(CCCCN)C(=O)O. The lowest BCUT2D eigenvalue weighted by molar-refractivity contribution is -0.142. The van der Waals surface area contributed by atoms with Gasteiger partial charge in [-0.25, -0.2) is 4.79 Å². The molecule has 4 atom stereocenters. The molecule has 0 aliphatic heterocycles. The third kappa shape index (κ3) is 12.2. The third-order valence-electron chi connectivity index (χ3n) is 4.62. The summed E-state index contributed by atoms with van der Waals surface area (Å²) < 4.78 is 0. The molecule has 0 aromatic carbocycles. The van der Waals surface area contributed by atoms with Crippen molar-refractivity contribution in [2.24, 2.45) is 17.2 Å². The summed E-state index contributed by atoms with van der Waals surface area (Å²) in [6.07, 6.45) is 1.98. The molecule has 0 heterocycles. The van der Waals surface area contributed by atoms with E-state index in [4.69, 9.17) is 22.3 Å². The largest absolute Gasteiger partial charge is 0.481 e. The van der Waals surface area contributed by atoms with Gasteiger partial charge in [0.15, 0.2) is 0 Å². The van der Waals surface area contributed by atoms with E-state index in [9.17, 15) is 29.1 Å². The van der Waals surface area contributed by atoms with Gasteiger partial charge in [0.1, 0.15) is 18.1 Å². The highest BCUT2D eigenvalue weighted by molar-refractivity contribution is 5.94. The molecule has 11 N–H and O–H groups in total. The van der Waals surface area contributed by atoms with Crippen LogP contribution < -0.4 is 33.2 Å². The second-order valence-corrected chi connectivity index (χ2v) is 7.46. The topological polar surface area (TPSA) is 240 Å². The summed E-state index contributed by atoms with van der Waals surface area (Å²) in [4.78, 5) is 59.2. The molecule has 0 aliphatic carbocycles. The van der Waals surface area contributed by atoms with Gasteiger partial charge in [0.2, 0.25) is 17.7 Å². The van der Waals surface area contributed by atoms with Gasteiger partial charge >= 0.3 is 11.9 Å². The molecule has 13 nitrogen and oxygen atoms in total. The van der Waals surface area contributed by atoms with E-state index in [1.165, 1.54) is 6.92 Å². The highest BCUT2D eigenvalue weighted by Crippen LogP contribution is 2.04. The predicted octanol–water partition coefficient (Wildman–Crippen LogP) is -2.39. The quantitative estimate of drug-likeness (QED) is 0.107. The summed E-state index contributed by atoms with van der Waals surface area (Å²) in [7, 11) is 0. The summed E-state index contributed by atoms with van der Waals surface area (Å²) in [5.74, 6) is -4.67. The average Bonchev–Trinajstić information content (AvgIpc) is 2.71. The van der Waals surface area contributed by atoms with Crippen molar-refractivity contribution < 1.29 is 34.2 Å². The van der Waals surface area contributed by atoms with Crippen molar-refractivity contribution in [1.82, 2.24) is 16.0 Å². The Morgan fingerprint density at radius 1 is 0.750 bits per heavy atom. The zero-order valence-corrected chi connectivity index (χ0v) is 18.3. The Balaban J connectivity index is 5.03. The van der Waals surface area contributed by atoms with Gasteiger partial charge in [0.25, 0.3) is 0 Å². The highest BCUT2D eigenvalue weighted by Gasteiger charge is 2.28. The average molecular weight is 461 g/mol. The van der Waals surface area contributed by atoms with E-state index in [1.807, 2.05) is 0 Å². The van der Waals surface area contributed by atoms with Crippen molar-refractivity contribution in [1.29, 1.82) is 0 Å². The summed E-state index contributed by atoms with van der Waals surface area (Å²) >= 11 is 0. The van der Waals surface area contributed by atoms with E-state index in [-0.39, 0.29) is 12.8 Å². The van der Waals surface area contributed by atoms with Gasteiger partial charge in [-0.15, -0.1) is 0 Å². The smallest absolute Gasteiger partial charge is 0.326 e. The highest BCUT2D eigenvalue weighted by atomic mass is 16.4. The molecule has 0 radical (unpaired) electrons. The van der Waals surface area contributed by atoms with Crippen molar-refractivity contribution in [3.8, 4) is 0 Å². The van der Waals surface area contributed by atoms with Crippen molar-refractivity contribution in [3.63, 3.8) is 0 Å². The number of nitrogens with two attached hydrogens (primary N) is 3. The van der Waals surface area contributed by atoms with Crippen LogP contribution >= 0.6 is 0 Å². The molecule has 4 unspecified atom stereocenters. The van der Waals surface area contributed by atoms with Crippen LogP contribution in [-0.2, 0) is 24.0 Å². The van der Waals surface area contributed by atoms with Crippen LogP contribution in [-0.4, -0.2) is 77.1 Å². The van der Waals surface area contributed by atoms with E-state index >= 15 is 0 Å². The number of amides is 3. The lowest BCUT2D eigenvalue weighted by atomic mass is 10.1. The number of rotatable bonds is 17. The molecule has 13 heteroatoms. The minimum Gasteiger partial charge on any atom is -0.481 e. The molecule has 3 amide bonds. The molecule has 0 aromatic rings. The first-order chi connectivity index (χ1) is 15.0. The number of hydrogen-bond donors (Lipinski definition) is 8. The Hall–Kier alpha value is -2.77. The van der Waals surface area contributed by atoms with Crippen molar-refractivity contribution >= 4 is 29.7 Å². The Bertz CT molecular complexity index is 646. The number of unbranched alkanes of at least 4 members (excludes halogenated alkanes) is 2. The van der Waals surface area contributed by atoms with E-state index < -0.39 is 60.2 Å². The number of carboxylic acids is 2. The van der Waals surface area contributed by atoms with Crippen LogP contribution in [0.5, 0.6) is 0 Å². The van der Waals surface area contributed by atoms with Crippen LogP contribution in [0, 0.1) is 0 Å². The summed E-state index contributed by atoms with van der Waals surface area (Å²) in [5, 5.41) is 25.2. The molecule has 184 valence electrons. The Kier molecular flexibility index (Phi) is 14.6. The van der Waals surface area contributed by atoms with Gasteiger partial charge in [0.05, 0.1) is 12.5 Å². The van der Waals surface area contributed by atoms with Crippen LogP contribution in [0.1, 0.15) is 51.9 Å². The van der Waals surface area contributed by atoms with Gasteiger partial charge in [0, 0.05) is 0 Å². The first-order valence-corrected chi connectivity index (χ1v) is 10.5. The fourth-order valence-electron chi connectivity index (χ4n) is 2.75. The fraction of sp³-hybridized carbons (Fsp3) is 0.737. The van der Waals surface area contributed by atoms with Crippen LogP contribution in [0.15, 0.2) is 0 Å². The number of aliphatic carboxylic acids is 2. The molecule has 0 bridgehead atoms. The first-order valence-electron chi connectivity index (χ1n) is 10.5. The van der Waals surface area contributed by atoms with E-state index in [0.29, 0.717) is 38.8 Å². The van der Waals surface area contributed by atoms with Crippen LogP contribution in [0.2, 0.25) is 0 Å². The maximum Gasteiger partial charge on any atom is 0.326 e. The van der Waals surface area contributed by atoms with Crippen molar-refractivity contribution in [2.45, 2.75) is 76.0 Å². The molecule has 0 aliphatic rings. The predicted molar refractivity (Wildman–Crippen MR) is 115 cm³/mol. The second-order valence-electron chi connectivity index (χ2n) is 7.46. The second kappa shape index (κ2) is 15.9. The van der Waals surface area contributed by atoms with E-state index in [2.05, 4.69) is 16.0 Å². The van der Waals surface area contributed by atoms with Crippen molar-refractivity contribution in [3.05, 3.63) is 0 Å². The van der Waals surface area contributed by atoms with Crippen LogP contribution in [0.25, 0.3) is 0 Å². The number of nitrogens with one attached hydrogen (secondary N) is 3. The zero-order valence-electron chi connectivity index (χ0n) is 18.3. The Morgan fingerprint density at radius 3 is 1.72 bits per heavy atom. The summed E-state index contributed by atoms with van der Waals surface area (Å²) in [6.45, 7) is 2.15. The minimum atomic E-state index is -1.34. The molecule has 0 spiro atoms. The van der Waals surface area contributed by atoms with Crippen molar-refractivity contribution in [2.75, 3.05) is 13.1 Å². The van der Waals surface area contributed by atoms with Gasteiger partial charge < -0.3 is 43.4 Å². The molecule has 0 fully saturated rings. The lowest BCUT2D eigenvalue weighted by Crippen LogP contribution is -2.56. The number of hydrogen-bond acceptors (Lipinski definition) is 8. The lowest BCUT2D eigenvalue weighted by Gasteiger charge is -2.23. The van der Waals surface area contributed by atoms with Crippen LogP contribution in [0.4, 0.5) is 0 Å². The number of carbonyl (C=O) groups excluding carboxylic acids is 3. The molecule has 0 rings (SSSR count). The number of carboxylic acid groups (broad SMARTS) is 2. The molecular weight excluding hydrogens is 424 g/mol. The molecule has 32 heavy (non-hydrogen) atoms. The molecule has 0 saturated carbocycles. The Morgan fingerprint density at radius 2 is 1.25 bits per heavy atom. The van der Waals surface area contributed by atoms with E-state index in [0.717, 1.165) is 0 Å². The van der Waals surface area contributed by atoms with Crippen LogP contribution in [0.3, 0.4) is 0 Å². The van der Waals surface area contributed by atoms with Gasteiger partial charge in [-0.3, -0.25) is 19.2 Å². The number of carbonyl (C=O) groups is 5. The Labute approximate surface area is 186 Å². The standard InChI is InChI=1S/C19H36N6O7/c1-11(16(28)25-14(19(31)32)7-3-5-9-21)23-18(30)13(6-2-4-8-20)24-17(29)12(22)10-15(26)27/h11-14H,2-10,20-22H2,1H3,(H,23,30)(H,24,29)(H,25,28)(H,26,27)(H,31,32). The van der Waals surface area contributed by atoms with Gasteiger partial charge in [-0.2, -0.15) is 0 Å². The maximum absolute atomic E-state index is 12.6. The third-order valence-corrected chi connectivity index (χ3v) is 4.62.